The highest BCUT2D eigenvalue weighted by Crippen LogP contribution is 2.38. The molecule has 0 amide bonds. The Morgan fingerprint density at radius 1 is 1.19 bits per heavy atom. The van der Waals surface area contributed by atoms with Crippen LogP contribution in [0.1, 0.15) is 15.9 Å². The van der Waals surface area contributed by atoms with Gasteiger partial charge in [0.05, 0.1) is 24.8 Å². The van der Waals surface area contributed by atoms with Crippen molar-refractivity contribution in [2.45, 2.75) is 0 Å². The zero-order chi connectivity index (χ0) is 15.6. The smallest absolute Gasteiger partial charge is 0.196 e. The molecule has 0 bridgehead atoms. The van der Waals surface area contributed by atoms with Gasteiger partial charge in [-0.25, -0.2) is 0 Å². The van der Waals surface area contributed by atoms with Gasteiger partial charge in [0.15, 0.2) is 5.78 Å². The molecule has 0 heterocycles. The van der Waals surface area contributed by atoms with Crippen molar-refractivity contribution >= 4 is 55.9 Å². The first kappa shape index (κ1) is 16.6. The van der Waals surface area contributed by atoms with E-state index in [4.69, 9.17) is 21.1 Å². The Bertz CT molecular complexity index is 704. The molecule has 0 N–H and O–H groups in total. The van der Waals surface area contributed by atoms with Gasteiger partial charge in [-0.1, -0.05) is 11.6 Å². The summed E-state index contributed by atoms with van der Waals surface area (Å²) in [6.45, 7) is 0. The Balaban J connectivity index is 2.52. The third kappa shape index (κ3) is 3.35. The lowest BCUT2D eigenvalue weighted by Gasteiger charge is -2.13. The molecule has 3 nitrogen and oxygen atoms in total. The monoisotopic (exact) mass is 480 g/mol. The van der Waals surface area contributed by atoms with E-state index < -0.39 is 0 Å². The number of halogens is 3. The van der Waals surface area contributed by atoms with Crippen molar-refractivity contribution in [1.82, 2.24) is 0 Å². The maximum atomic E-state index is 12.6. The Labute approximate surface area is 149 Å². The van der Waals surface area contributed by atoms with E-state index in [1.807, 2.05) is 0 Å². The van der Waals surface area contributed by atoms with Crippen LogP contribution in [0.3, 0.4) is 0 Å². The number of ether oxygens (including phenoxy) is 2. The summed E-state index contributed by atoms with van der Waals surface area (Å²) >= 11 is 11.6. The highest BCUT2D eigenvalue weighted by molar-refractivity contribution is 14.1. The second-order valence-corrected chi connectivity index (χ2v) is 6.48. The number of hydrogen-bond donors (Lipinski definition) is 0. The minimum atomic E-state index is -0.159. The summed E-state index contributed by atoms with van der Waals surface area (Å²) in [4.78, 5) is 12.6. The zero-order valence-electron chi connectivity index (χ0n) is 11.2. The van der Waals surface area contributed by atoms with Crippen LogP contribution in [-0.4, -0.2) is 20.0 Å². The molecule has 0 saturated heterocycles. The van der Waals surface area contributed by atoms with E-state index in [1.54, 1.807) is 37.4 Å². The van der Waals surface area contributed by atoms with Crippen molar-refractivity contribution in [2.75, 3.05) is 14.2 Å². The minimum Gasteiger partial charge on any atom is -0.495 e. The summed E-state index contributed by atoms with van der Waals surface area (Å²) < 4.78 is 12.0. The van der Waals surface area contributed by atoms with Gasteiger partial charge in [0, 0.05) is 9.13 Å². The van der Waals surface area contributed by atoms with Gasteiger partial charge in [-0.2, -0.15) is 0 Å². The summed E-state index contributed by atoms with van der Waals surface area (Å²) in [7, 11) is 3.07. The van der Waals surface area contributed by atoms with Crippen LogP contribution in [0.5, 0.6) is 11.5 Å². The number of hydrogen-bond acceptors (Lipinski definition) is 3. The first-order valence-corrected chi connectivity index (χ1v) is 8.14. The van der Waals surface area contributed by atoms with Crippen LogP contribution >= 0.6 is 50.1 Å². The van der Waals surface area contributed by atoms with Crippen molar-refractivity contribution in [3.8, 4) is 11.5 Å². The lowest BCUT2D eigenvalue weighted by atomic mass is 10.0. The van der Waals surface area contributed by atoms with Gasteiger partial charge in [0.2, 0.25) is 0 Å². The highest BCUT2D eigenvalue weighted by Gasteiger charge is 2.20. The summed E-state index contributed by atoms with van der Waals surface area (Å²) in [6, 6.07) is 8.60. The number of methoxy groups -OCH3 is 2. The van der Waals surface area contributed by atoms with Gasteiger partial charge in [0.1, 0.15) is 16.0 Å². The van der Waals surface area contributed by atoms with Gasteiger partial charge in [-0.15, -0.1) is 0 Å². The van der Waals surface area contributed by atoms with Crippen LogP contribution in [0, 0.1) is 3.57 Å². The highest BCUT2D eigenvalue weighted by atomic mass is 127. The van der Waals surface area contributed by atoms with E-state index in [0.717, 1.165) is 3.57 Å². The molecule has 0 atom stereocenters. The maximum Gasteiger partial charge on any atom is 0.196 e. The molecule has 0 aliphatic heterocycles. The Hall–Kier alpha value is -0.790. The molecule has 21 heavy (non-hydrogen) atoms. The molecule has 2 aromatic carbocycles. The van der Waals surface area contributed by atoms with Gasteiger partial charge in [-0.3, -0.25) is 4.79 Å². The third-order valence-corrected chi connectivity index (χ3v) is 5.24. The molecule has 0 fully saturated rings. The van der Waals surface area contributed by atoms with E-state index in [1.165, 1.54) is 7.11 Å². The van der Waals surface area contributed by atoms with E-state index in [2.05, 4.69) is 38.5 Å². The van der Waals surface area contributed by atoms with Gasteiger partial charge in [-0.05, 0) is 68.9 Å². The van der Waals surface area contributed by atoms with Crippen LogP contribution in [0.15, 0.2) is 34.8 Å². The average molecular weight is 482 g/mol. The molecule has 0 radical (unpaired) electrons. The minimum absolute atomic E-state index is 0.159. The molecule has 0 aliphatic carbocycles. The van der Waals surface area contributed by atoms with E-state index in [-0.39, 0.29) is 5.78 Å². The lowest BCUT2D eigenvalue weighted by Crippen LogP contribution is -2.05. The second kappa shape index (κ2) is 6.98. The Morgan fingerprint density at radius 3 is 2.48 bits per heavy atom. The van der Waals surface area contributed by atoms with Gasteiger partial charge >= 0.3 is 0 Å². The maximum absolute atomic E-state index is 12.6. The molecular weight excluding hydrogens is 470 g/mol. The fourth-order valence-electron chi connectivity index (χ4n) is 1.87. The quantitative estimate of drug-likeness (QED) is 0.458. The summed E-state index contributed by atoms with van der Waals surface area (Å²) in [6.07, 6.45) is 0. The molecule has 2 rings (SSSR count). The number of ketones is 1. The first-order valence-electron chi connectivity index (χ1n) is 5.89. The summed E-state index contributed by atoms with van der Waals surface area (Å²) in [5, 5.41) is 0.549. The van der Waals surface area contributed by atoms with Crippen LogP contribution in [0.4, 0.5) is 0 Å². The molecule has 0 spiro atoms. The Morgan fingerprint density at radius 2 is 1.90 bits per heavy atom. The summed E-state index contributed by atoms with van der Waals surface area (Å²) in [5.74, 6) is 0.881. The zero-order valence-corrected chi connectivity index (χ0v) is 15.7. The first-order chi connectivity index (χ1) is 9.99. The molecule has 110 valence electrons. The standard InChI is InChI=1S/C15H11BrClIO3/c1-20-12-6-4-9(15(21-2)13(12)16)14(19)8-3-5-11(18)10(17)7-8/h3-7H,1-2H3. The Kier molecular flexibility index (Phi) is 5.51. The van der Waals surface area contributed by atoms with Crippen LogP contribution in [0.2, 0.25) is 5.02 Å². The molecule has 2 aromatic rings. The van der Waals surface area contributed by atoms with Gasteiger partial charge < -0.3 is 9.47 Å². The molecule has 0 aromatic heterocycles. The lowest BCUT2D eigenvalue weighted by molar-refractivity contribution is 0.103. The van der Waals surface area contributed by atoms with Crippen LogP contribution in [0.25, 0.3) is 0 Å². The normalized spacial score (nSPS) is 10.3. The molecule has 0 unspecified atom stereocenters. The molecule has 0 saturated carbocycles. The topological polar surface area (TPSA) is 35.5 Å². The fourth-order valence-corrected chi connectivity index (χ4v) is 3.05. The SMILES string of the molecule is COc1ccc(C(=O)c2ccc(I)c(Cl)c2)c(OC)c1Br. The molecule has 6 heteroatoms. The van der Waals surface area contributed by atoms with Crippen molar-refractivity contribution < 1.29 is 14.3 Å². The van der Waals surface area contributed by atoms with Crippen molar-refractivity contribution in [2.24, 2.45) is 0 Å². The van der Waals surface area contributed by atoms with Crippen LogP contribution < -0.4 is 9.47 Å². The van der Waals surface area contributed by atoms with E-state index in [9.17, 15) is 4.79 Å². The largest absolute Gasteiger partial charge is 0.495 e. The van der Waals surface area contributed by atoms with Crippen molar-refractivity contribution in [3.05, 3.63) is 54.5 Å². The van der Waals surface area contributed by atoms with Crippen LogP contribution in [-0.2, 0) is 0 Å². The molecule has 0 aliphatic rings. The van der Waals surface area contributed by atoms with Gasteiger partial charge in [0.25, 0.3) is 0 Å². The predicted octanol–water partition coefficient (Wildman–Crippen LogP) is 4.96. The van der Waals surface area contributed by atoms with Crippen molar-refractivity contribution in [1.29, 1.82) is 0 Å². The number of benzene rings is 2. The number of rotatable bonds is 4. The predicted molar refractivity (Wildman–Crippen MR) is 94.8 cm³/mol. The molecular formula is C15H11BrClIO3. The third-order valence-electron chi connectivity index (χ3n) is 2.91. The van der Waals surface area contributed by atoms with Crippen molar-refractivity contribution in [3.63, 3.8) is 0 Å². The second-order valence-electron chi connectivity index (χ2n) is 4.12. The summed E-state index contributed by atoms with van der Waals surface area (Å²) in [5.41, 5.74) is 0.957. The number of carbonyl (C=O) groups is 1. The van der Waals surface area contributed by atoms with E-state index >= 15 is 0 Å². The van der Waals surface area contributed by atoms with E-state index in [0.29, 0.717) is 32.1 Å². The average Bonchev–Trinajstić information content (AvgIpc) is 2.49. The number of carbonyl (C=O) groups excluding carboxylic acids is 1. The fraction of sp³-hybridized carbons (Fsp3) is 0.133.